The molecule has 0 aliphatic rings. The molecule has 2 heterocycles. The summed E-state index contributed by atoms with van der Waals surface area (Å²) in [6, 6.07) is 10.7. The van der Waals surface area contributed by atoms with Gasteiger partial charge in [-0.15, -0.1) is 5.10 Å². The van der Waals surface area contributed by atoms with E-state index in [4.69, 9.17) is 46.4 Å². The van der Waals surface area contributed by atoms with Crippen molar-refractivity contribution in [2.45, 2.75) is 38.4 Å². The van der Waals surface area contributed by atoms with E-state index in [0.717, 1.165) is 9.13 Å². The highest BCUT2D eigenvalue weighted by Crippen LogP contribution is 2.32. The zero-order valence-corrected chi connectivity index (χ0v) is 22.3. The first-order valence-electron chi connectivity index (χ1n) is 10.9. The Morgan fingerprint density at radius 2 is 1.66 bits per heavy atom. The number of hydrogen-bond acceptors (Lipinski definition) is 5. The quantitative estimate of drug-likeness (QED) is 0.286. The summed E-state index contributed by atoms with van der Waals surface area (Å²) in [6.45, 7) is -0.0419. The van der Waals surface area contributed by atoms with Crippen molar-refractivity contribution in [1.82, 2.24) is 23.9 Å². The smallest absolute Gasteiger partial charge is 0.385 e. The van der Waals surface area contributed by atoms with Crippen molar-refractivity contribution in [3.05, 3.63) is 84.8 Å². The summed E-state index contributed by atoms with van der Waals surface area (Å²) in [5.41, 5.74) is -0.415. The minimum atomic E-state index is -4.98. The lowest BCUT2D eigenvalue weighted by Crippen LogP contribution is -2.37. The van der Waals surface area contributed by atoms with Crippen LogP contribution < -0.4 is 5.69 Å². The first kappa shape index (κ1) is 28.5. The Bertz CT molecular complexity index is 1530. The topological polar surface area (TPSA) is 98.1 Å². The van der Waals surface area contributed by atoms with Gasteiger partial charge < -0.3 is 10.2 Å². The molecule has 202 valence electrons. The van der Waals surface area contributed by atoms with Crippen molar-refractivity contribution in [3.8, 4) is 16.9 Å². The Kier molecular flexibility index (Phi) is 8.17. The molecule has 15 heteroatoms. The average molecular weight is 611 g/mol. The molecule has 0 amide bonds. The molecule has 38 heavy (non-hydrogen) atoms. The van der Waals surface area contributed by atoms with Crippen molar-refractivity contribution < 1.29 is 23.4 Å². The van der Waals surface area contributed by atoms with E-state index in [0.29, 0.717) is 16.3 Å². The SMILES string of the molecule is CC(O)c1nc(Cn2c(Cl)c(-c3ccc(Cl)cc3)n(CC(O)C(F)(F)F)c2=O)nn1-c1cccc(Cl)c1Cl. The van der Waals surface area contributed by atoms with E-state index < -0.39 is 30.6 Å². The van der Waals surface area contributed by atoms with E-state index in [1.807, 2.05) is 0 Å². The van der Waals surface area contributed by atoms with Gasteiger partial charge >= 0.3 is 11.9 Å². The maximum atomic E-state index is 13.3. The Balaban J connectivity index is 1.84. The molecule has 0 aliphatic heterocycles. The lowest BCUT2D eigenvalue weighted by molar-refractivity contribution is -0.207. The molecule has 8 nitrogen and oxygen atoms in total. The monoisotopic (exact) mass is 609 g/mol. The number of aliphatic hydroxyl groups excluding tert-OH is 2. The number of halogens is 7. The lowest BCUT2D eigenvalue weighted by atomic mass is 10.1. The molecule has 0 saturated carbocycles. The molecular formula is C23H18Cl4F3N5O3. The van der Waals surface area contributed by atoms with E-state index in [1.165, 1.54) is 35.9 Å². The van der Waals surface area contributed by atoms with E-state index in [1.54, 1.807) is 18.2 Å². The molecule has 0 aliphatic carbocycles. The summed E-state index contributed by atoms with van der Waals surface area (Å²) in [5, 5.41) is 24.8. The molecule has 0 radical (unpaired) electrons. The zero-order chi connectivity index (χ0) is 27.9. The van der Waals surface area contributed by atoms with Crippen molar-refractivity contribution in [2.24, 2.45) is 0 Å². The van der Waals surface area contributed by atoms with Gasteiger partial charge in [-0.3, -0.25) is 9.13 Å². The Morgan fingerprint density at radius 3 is 2.26 bits per heavy atom. The van der Waals surface area contributed by atoms with E-state index in [9.17, 15) is 28.2 Å². The number of imidazole rings is 1. The van der Waals surface area contributed by atoms with Crippen molar-refractivity contribution in [2.75, 3.05) is 0 Å². The summed E-state index contributed by atoms with van der Waals surface area (Å²) >= 11 is 24.9. The van der Waals surface area contributed by atoms with Crippen molar-refractivity contribution in [1.29, 1.82) is 0 Å². The molecular weight excluding hydrogens is 593 g/mol. The first-order chi connectivity index (χ1) is 17.8. The molecule has 2 aromatic heterocycles. The highest BCUT2D eigenvalue weighted by atomic mass is 35.5. The van der Waals surface area contributed by atoms with Gasteiger partial charge in [0.2, 0.25) is 0 Å². The van der Waals surface area contributed by atoms with Crippen LogP contribution in [0.25, 0.3) is 16.9 Å². The van der Waals surface area contributed by atoms with Gasteiger partial charge in [-0.05, 0) is 31.2 Å². The van der Waals surface area contributed by atoms with Gasteiger partial charge in [0.25, 0.3) is 0 Å². The summed E-state index contributed by atoms with van der Waals surface area (Å²) < 4.78 is 42.4. The third-order valence-corrected chi connectivity index (χ3v) is 6.97. The second kappa shape index (κ2) is 10.9. The fourth-order valence-corrected chi connectivity index (χ4v) is 4.56. The fourth-order valence-electron chi connectivity index (χ4n) is 3.71. The summed E-state index contributed by atoms with van der Waals surface area (Å²) in [6.07, 6.45) is -8.93. The largest absolute Gasteiger partial charge is 0.416 e. The number of benzene rings is 2. The second-order valence-corrected chi connectivity index (χ2v) is 9.81. The molecule has 2 N–H and O–H groups in total. The van der Waals surface area contributed by atoms with Crippen LogP contribution in [0.1, 0.15) is 24.7 Å². The van der Waals surface area contributed by atoms with Gasteiger partial charge in [0, 0.05) is 10.6 Å². The lowest BCUT2D eigenvalue weighted by Gasteiger charge is -2.16. The molecule has 0 fully saturated rings. The molecule has 0 saturated heterocycles. The van der Waals surface area contributed by atoms with Gasteiger partial charge in [0.15, 0.2) is 17.8 Å². The molecule has 2 atom stereocenters. The summed E-state index contributed by atoms with van der Waals surface area (Å²) in [4.78, 5) is 17.6. The normalized spacial score (nSPS) is 13.6. The van der Waals surface area contributed by atoms with Gasteiger partial charge in [-0.2, -0.15) is 13.2 Å². The Morgan fingerprint density at radius 1 is 1.00 bits per heavy atom. The van der Waals surface area contributed by atoms with Gasteiger partial charge in [0.05, 0.1) is 34.5 Å². The van der Waals surface area contributed by atoms with E-state index in [2.05, 4.69) is 10.1 Å². The van der Waals surface area contributed by atoms with Crippen LogP contribution in [-0.2, 0) is 13.1 Å². The van der Waals surface area contributed by atoms with Crippen LogP contribution in [0.4, 0.5) is 13.2 Å². The zero-order valence-electron chi connectivity index (χ0n) is 19.3. The van der Waals surface area contributed by atoms with Crippen LogP contribution in [0.15, 0.2) is 47.3 Å². The minimum Gasteiger partial charge on any atom is -0.385 e. The molecule has 2 unspecified atom stereocenters. The number of aromatic nitrogens is 5. The van der Waals surface area contributed by atoms with E-state index in [-0.39, 0.29) is 39.1 Å². The third kappa shape index (κ3) is 5.58. The molecule has 0 bridgehead atoms. The Hall–Kier alpha value is -2.54. The third-order valence-electron chi connectivity index (χ3n) is 5.52. The first-order valence-corrected chi connectivity index (χ1v) is 12.4. The number of alkyl halides is 3. The van der Waals surface area contributed by atoms with Crippen LogP contribution in [0.3, 0.4) is 0 Å². The predicted molar refractivity (Wildman–Crippen MR) is 137 cm³/mol. The highest BCUT2D eigenvalue weighted by Gasteiger charge is 2.39. The van der Waals surface area contributed by atoms with Gasteiger partial charge in [0.1, 0.15) is 11.3 Å². The van der Waals surface area contributed by atoms with E-state index >= 15 is 0 Å². The van der Waals surface area contributed by atoms with Crippen molar-refractivity contribution >= 4 is 46.4 Å². The maximum absolute atomic E-state index is 13.3. The number of hydrogen-bond donors (Lipinski definition) is 2. The summed E-state index contributed by atoms with van der Waals surface area (Å²) in [7, 11) is 0. The fraction of sp³-hybridized carbons (Fsp3) is 0.261. The number of nitrogens with zero attached hydrogens (tertiary/aromatic N) is 5. The molecule has 2 aromatic carbocycles. The standard InChI is InChI=1S/C23H18Cl4F3N5O3/c1-11(36)21-31-17(32-35(21)15-4-2-3-14(25)18(15)26)10-34-20(27)19(12-5-7-13(24)8-6-12)33(22(34)38)9-16(37)23(28,29)30/h2-8,11,16,36-37H,9-10H2,1H3. The molecule has 4 aromatic rings. The van der Waals surface area contributed by atoms with Crippen LogP contribution in [0.2, 0.25) is 20.2 Å². The van der Waals surface area contributed by atoms with Gasteiger partial charge in [-0.1, -0.05) is 64.6 Å². The number of aliphatic hydroxyl groups is 2. The predicted octanol–water partition coefficient (Wildman–Crippen LogP) is 5.54. The van der Waals surface area contributed by atoms with Crippen LogP contribution in [0.5, 0.6) is 0 Å². The summed E-state index contributed by atoms with van der Waals surface area (Å²) in [5.74, 6) is 0.0651. The highest BCUT2D eigenvalue weighted by molar-refractivity contribution is 6.43. The molecule has 0 spiro atoms. The van der Waals surface area contributed by atoms with Crippen LogP contribution in [0, 0.1) is 0 Å². The van der Waals surface area contributed by atoms with Crippen molar-refractivity contribution in [3.63, 3.8) is 0 Å². The Labute approximate surface area is 233 Å². The van der Waals surface area contributed by atoms with Crippen LogP contribution in [-0.4, -0.2) is 46.4 Å². The van der Waals surface area contributed by atoms with Gasteiger partial charge in [-0.25, -0.2) is 14.5 Å². The minimum absolute atomic E-state index is 0.00267. The second-order valence-electron chi connectivity index (χ2n) is 8.23. The molecule has 4 rings (SSSR count). The average Bonchev–Trinajstić information content (AvgIpc) is 3.36. The van der Waals surface area contributed by atoms with Crippen LogP contribution >= 0.6 is 46.4 Å². The number of rotatable bonds is 7. The maximum Gasteiger partial charge on any atom is 0.416 e.